The van der Waals surface area contributed by atoms with Gasteiger partial charge >= 0.3 is 0 Å². The number of benzene rings is 1. The quantitative estimate of drug-likeness (QED) is 0.664. The Morgan fingerprint density at radius 3 is 2.92 bits per heavy atom. The lowest BCUT2D eigenvalue weighted by atomic mass is 10.3. The highest BCUT2D eigenvalue weighted by Gasteiger charge is 2.16. The van der Waals surface area contributed by atoms with Crippen LogP contribution in [0.3, 0.4) is 0 Å². The minimum atomic E-state index is -0.160. The van der Waals surface area contributed by atoms with E-state index in [9.17, 15) is 4.79 Å². The average Bonchev–Trinajstić information content (AvgIpc) is 3.01. The summed E-state index contributed by atoms with van der Waals surface area (Å²) >= 11 is 7.23. The van der Waals surface area contributed by atoms with Crippen molar-refractivity contribution in [2.24, 2.45) is 0 Å². The first-order chi connectivity index (χ1) is 12.1. The SMILES string of the molecule is Cc1nc(-c2ccccn2)sc1C(=O)NCCOc1cccc(Cl)c1. The molecule has 2 aromatic heterocycles. The van der Waals surface area contributed by atoms with Gasteiger partial charge in [0.15, 0.2) is 0 Å². The van der Waals surface area contributed by atoms with Crippen LogP contribution in [-0.4, -0.2) is 29.0 Å². The van der Waals surface area contributed by atoms with Crippen LogP contribution in [0.5, 0.6) is 5.75 Å². The largest absolute Gasteiger partial charge is 0.492 e. The summed E-state index contributed by atoms with van der Waals surface area (Å²) in [6.07, 6.45) is 1.71. The Kier molecular flexibility index (Phi) is 5.63. The summed E-state index contributed by atoms with van der Waals surface area (Å²) in [5.74, 6) is 0.514. The zero-order valence-electron chi connectivity index (χ0n) is 13.5. The van der Waals surface area contributed by atoms with Gasteiger partial charge in [0.25, 0.3) is 5.91 Å². The standard InChI is InChI=1S/C18H16ClN3O2S/c1-12-16(25-18(22-12)15-7-2-3-8-20-15)17(23)21-9-10-24-14-6-4-5-13(19)11-14/h2-8,11H,9-10H2,1H3,(H,21,23). The molecule has 0 atom stereocenters. The number of hydrogen-bond donors (Lipinski definition) is 1. The smallest absolute Gasteiger partial charge is 0.263 e. The zero-order chi connectivity index (χ0) is 17.6. The van der Waals surface area contributed by atoms with Crippen molar-refractivity contribution in [1.82, 2.24) is 15.3 Å². The molecule has 2 heterocycles. The fourth-order valence-electron chi connectivity index (χ4n) is 2.18. The van der Waals surface area contributed by atoms with E-state index in [1.165, 1.54) is 11.3 Å². The molecule has 1 amide bonds. The molecule has 0 aliphatic rings. The Bertz CT molecular complexity index is 868. The van der Waals surface area contributed by atoms with Crippen molar-refractivity contribution in [2.75, 3.05) is 13.2 Å². The summed E-state index contributed by atoms with van der Waals surface area (Å²) in [5.41, 5.74) is 1.46. The number of nitrogens with one attached hydrogen (secondary N) is 1. The molecule has 0 fully saturated rings. The highest BCUT2D eigenvalue weighted by atomic mass is 35.5. The maximum Gasteiger partial charge on any atom is 0.263 e. The minimum absolute atomic E-state index is 0.160. The van der Waals surface area contributed by atoms with Crippen LogP contribution in [-0.2, 0) is 0 Å². The van der Waals surface area contributed by atoms with Gasteiger partial charge in [-0.2, -0.15) is 0 Å². The van der Waals surface area contributed by atoms with Gasteiger partial charge in [-0.15, -0.1) is 11.3 Å². The monoisotopic (exact) mass is 373 g/mol. The van der Waals surface area contributed by atoms with Gasteiger partial charge in [-0.1, -0.05) is 23.7 Å². The number of aromatic nitrogens is 2. The third kappa shape index (κ3) is 4.55. The van der Waals surface area contributed by atoms with E-state index in [1.54, 1.807) is 18.3 Å². The summed E-state index contributed by atoms with van der Waals surface area (Å²) < 4.78 is 5.56. The predicted molar refractivity (Wildman–Crippen MR) is 99.4 cm³/mol. The number of amides is 1. The first kappa shape index (κ1) is 17.4. The van der Waals surface area contributed by atoms with Gasteiger partial charge in [-0.25, -0.2) is 4.98 Å². The van der Waals surface area contributed by atoms with E-state index in [0.717, 1.165) is 10.7 Å². The number of hydrogen-bond acceptors (Lipinski definition) is 5. The van der Waals surface area contributed by atoms with Gasteiger partial charge in [0.05, 0.1) is 17.9 Å². The third-order valence-electron chi connectivity index (χ3n) is 3.34. The molecule has 0 saturated carbocycles. The number of carbonyl (C=O) groups excluding carboxylic acids is 1. The molecule has 0 saturated heterocycles. The van der Waals surface area contributed by atoms with Crippen LogP contribution in [0.15, 0.2) is 48.7 Å². The number of aryl methyl sites for hydroxylation is 1. The molecule has 1 N–H and O–H groups in total. The van der Waals surface area contributed by atoms with E-state index in [1.807, 2.05) is 37.3 Å². The lowest BCUT2D eigenvalue weighted by Crippen LogP contribution is -2.27. The van der Waals surface area contributed by atoms with Gasteiger partial charge in [0, 0.05) is 11.2 Å². The van der Waals surface area contributed by atoms with E-state index >= 15 is 0 Å². The summed E-state index contributed by atoms with van der Waals surface area (Å²) in [4.78, 5) is 21.6. The molecule has 0 aliphatic heterocycles. The van der Waals surface area contributed by atoms with E-state index in [2.05, 4.69) is 15.3 Å². The van der Waals surface area contributed by atoms with Gasteiger partial charge < -0.3 is 10.1 Å². The summed E-state index contributed by atoms with van der Waals surface area (Å²) in [6.45, 7) is 2.57. The van der Waals surface area contributed by atoms with Gasteiger partial charge in [-0.3, -0.25) is 9.78 Å². The second-order valence-corrected chi connectivity index (χ2v) is 6.65. The number of ether oxygens (including phenoxy) is 1. The first-order valence-corrected chi connectivity index (χ1v) is 8.88. The molecular formula is C18H16ClN3O2S. The third-order valence-corrected chi connectivity index (χ3v) is 4.75. The van der Waals surface area contributed by atoms with Crippen molar-refractivity contribution in [3.63, 3.8) is 0 Å². The molecule has 128 valence electrons. The van der Waals surface area contributed by atoms with Crippen molar-refractivity contribution in [2.45, 2.75) is 6.92 Å². The van der Waals surface area contributed by atoms with Crippen LogP contribution < -0.4 is 10.1 Å². The Hall–Kier alpha value is -2.44. The minimum Gasteiger partial charge on any atom is -0.492 e. The molecule has 7 heteroatoms. The lowest BCUT2D eigenvalue weighted by molar-refractivity contribution is 0.0950. The van der Waals surface area contributed by atoms with Crippen molar-refractivity contribution in [3.8, 4) is 16.5 Å². The Labute approximate surface area is 154 Å². The zero-order valence-corrected chi connectivity index (χ0v) is 15.1. The molecule has 5 nitrogen and oxygen atoms in total. The molecule has 0 unspecified atom stereocenters. The summed E-state index contributed by atoms with van der Waals surface area (Å²) in [6, 6.07) is 12.8. The topological polar surface area (TPSA) is 64.1 Å². The Morgan fingerprint density at radius 1 is 1.28 bits per heavy atom. The van der Waals surface area contributed by atoms with Gasteiger partial charge in [0.2, 0.25) is 0 Å². The van der Waals surface area contributed by atoms with Gasteiger partial charge in [0.1, 0.15) is 22.2 Å². The summed E-state index contributed by atoms with van der Waals surface area (Å²) in [5, 5.41) is 4.19. The first-order valence-electron chi connectivity index (χ1n) is 7.69. The molecule has 3 rings (SSSR count). The molecule has 1 aromatic carbocycles. The van der Waals surface area contributed by atoms with Crippen LogP contribution in [0.25, 0.3) is 10.7 Å². The Morgan fingerprint density at radius 2 is 2.16 bits per heavy atom. The van der Waals surface area contributed by atoms with Crippen molar-refractivity contribution in [1.29, 1.82) is 0 Å². The number of halogens is 1. The van der Waals surface area contributed by atoms with E-state index in [4.69, 9.17) is 16.3 Å². The van der Waals surface area contributed by atoms with Crippen LogP contribution in [0.2, 0.25) is 5.02 Å². The van der Waals surface area contributed by atoms with E-state index < -0.39 is 0 Å². The normalized spacial score (nSPS) is 10.5. The van der Waals surface area contributed by atoms with E-state index in [-0.39, 0.29) is 5.91 Å². The van der Waals surface area contributed by atoms with Crippen LogP contribution in [0, 0.1) is 6.92 Å². The highest BCUT2D eigenvalue weighted by molar-refractivity contribution is 7.17. The highest BCUT2D eigenvalue weighted by Crippen LogP contribution is 2.26. The van der Waals surface area contributed by atoms with Crippen molar-refractivity contribution >= 4 is 28.8 Å². The van der Waals surface area contributed by atoms with Crippen molar-refractivity contribution in [3.05, 3.63) is 64.3 Å². The van der Waals surface area contributed by atoms with Crippen molar-refractivity contribution < 1.29 is 9.53 Å². The molecule has 3 aromatic rings. The van der Waals surface area contributed by atoms with E-state index in [0.29, 0.717) is 34.5 Å². The number of rotatable bonds is 6. The predicted octanol–water partition coefficient (Wildman–Crippen LogP) is 3.98. The second kappa shape index (κ2) is 8.09. The number of pyridine rings is 1. The number of nitrogens with zero attached hydrogens (tertiary/aromatic N) is 2. The molecule has 0 spiro atoms. The van der Waals surface area contributed by atoms with Crippen LogP contribution in [0.4, 0.5) is 0 Å². The number of thiazole rings is 1. The maximum atomic E-state index is 12.3. The molecule has 0 aliphatic carbocycles. The number of carbonyl (C=O) groups is 1. The molecule has 0 bridgehead atoms. The van der Waals surface area contributed by atoms with Crippen LogP contribution >= 0.6 is 22.9 Å². The van der Waals surface area contributed by atoms with Crippen LogP contribution in [0.1, 0.15) is 15.4 Å². The fraction of sp³-hybridized carbons (Fsp3) is 0.167. The maximum absolute atomic E-state index is 12.3. The van der Waals surface area contributed by atoms with Gasteiger partial charge in [-0.05, 0) is 37.3 Å². The second-order valence-electron chi connectivity index (χ2n) is 5.21. The molecule has 25 heavy (non-hydrogen) atoms. The average molecular weight is 374 g/mol. The summed E-state index contributed by atoms with van der Waals surface area (Å²) in [7, 11) is 0. The molecule has 0 radical (unpaired) electrons. The fourth-order valence-corrected chi connectivity index (χ4v) is 3.32. The molecular weight excluding hydrogens is 358 g/mol. The Balaban J connectivity index is 1.56. The lowest BCUT2D eigenvalue weighted by Gasteiger charge is -2.07.